The Bertz CT molecular complexity index is 636. The van der Waals surface area contributed by atoms with Crippen LogP contribution in [0.1, 0.15) is 17.2 Å². The van der Waals surface area contributed by atoms with Gasteiger partial charge in [-0.3, -0.25) is 4.21 Å². The largest absolute Gasteiger partial charge is 0.493 e. The van der Waals surface area contributed by atoms with Crippen LogP contribution in [0.15, 0.2) is 27.6 Å². The highest BCUT2D eigenvalue weighted by Crippen LogP contribution is 2.32. The van der Waals surface area contributed by atoms with Gasteiger partial charge in [0.25, 0.3) is 0 Å². The van der Waals surface area contributed by atoms with E-state index in [1.54, 1.807) is 33.4 Å². The topological polar surface area (TPSA) is 61.6 Å². The van der Waals surface area contributed by atoms with E-state index in [0.29, 0.717) is 28.0 Å². The van der Waals surface area contributed by atoms with Gasteiger partial charge in [0.2, 0.25) is 5.89 Å². The van der Waals surface area contributed by atoms with Crippen molar-refractivity contribution < 1.29 is 18.1 Å². The summed E-state index contributed by atoms with van der Waals surface area (Å²) in [5.74, 6) is 2.60. The lowest BCUT2D eigenvalue weighted by Gasteiger charge is -2.11. The molecule has 1 aromatic carbocycles. The quantitative estimate of drug-likeness (QED) is 0.848. The van der Waals surface area contributed by atoms with Crippen LogP contribution in [0.2, 0.25) is 0 Å². The highest BCUT2D eigenvalue weighted by atomic mass is 32.2. The van der Waals surface area contributed by atoms with Crippen molar-refractivity contribution in [2.75, 3.05) is 14.2 Å². The van der Waals surface area contributed by atoms with Crippen LogP contribution >= 0.6 is 0 Å². The predicted molar refractivity (Wildman–Crippen MR) is 75.6 cm³/mol. The summed E-state index contributed by atoms with van der Waals surface area (Å²) >= 11 is 0. The lowest BCUT2D eigenvalue weighted by Crippen LogP contribution is -2.01. The molecule has 1 atom stereocenters. The number of nitrogens with zero attached hydrogens (tertiary/aromatic N) is 1. The molecule has 2 rings (SSSR count). The molecule has 0 spiro atoms. The summed E-state index contributed by atoms with van der Waals surface area (Å²) in [6, 6.07) is 3.55. The lowest BCUT2D eigenvalue weighted by molar-refractivity contribution is 0.353. The zero-order chi connectivity index (χ0) is 14.7. The van der Waals surface area contributed by atoms with Gasteiger partial charge in [-0.1, -0.05) is 0 Å². The molecule has 0 amide bonds. The molecule has 108 valence electrons. The van der Waals surface area contributed by atoms with Crippen molar-refractivity contribution in [3.63, 3.8) is 0 Å². The van der Waals surface area contributed by atoms with Crippen molar-refractivity contribution in [1.82, 2.24) is 4.98 Å². The number of methoxy groups -OCH3 is 2. The summed E-state index contributed by atoms with van der Waals surface area (Å²) in [7, 11) is 1.88. The highest BCUT2D eigenvalue weighted by Gasteiger charge is 2.15. The van der Waals surface area contributed by atoms with Gasteiger partial charge in [-0.15, -0.1) is 0 Å². The van der Waals surface area contributed by atoms with Crippen LogP contribution in [0.3, 0.4) is 0 Å². The second-order valence-corrected chi connectivity index (χ2v) is 5.75. The SMILES string of the molecule is COc1cc(C)c([S@](=O)Cc2ncc(C)o2)cc1OC. The molecule has 0 fully saturated rings. The summed E-state index contributed by atoms with van der Waals surface area (Å²) in [5.41, 5.74) is 0.879. The first-order valence-corrected chi connectivity index (χ1v) is 7.39. The summed E-state index contributed by atoms with van der Waals surface area (Å²) < 4.78 is 28.2. The van der Waals surface area contributed by atoms with Gasteiger partial charge < -0.3 is 13.9 Å². The van der Waals surface area contributed by atoms with Crippen LogP contribution in [-0.4, -0.2) is 23.4 Å². The molecule has 1 aromatic heterocycles. The number of oxazole rings is 1. The Hall–Kier alpha value is -1.82. The van der Waals surface area contributed by atoms with Crippen LogP contribution in [0.5, 0.6) is 11.5 Å². The number of benzene rings is 1. The predicted octanol–water partition coefficient (Wildman–Crippen LogP) is 2.62. The molecule has 0 aliphatic carbocycles. The maximum Gasteiger partial charge on any atom is 0.207 e. The third-order valence-electron chi connectivity index (χ3n) is 2.85. The van der Waals surface area contributed by atoms with Gasteiger partial charge in [0.1, 0.15) is 11.5 Å². The monoisotopic (exact) mass is 295 g/mol. The third-order valence-corrected chi connectivity index (χ3v) is 4.29. The van der Waals surface area contributed by atoms with Gasteiger partial charge in [0.15, 0.2) is 11.5 Å². The molecule has 0 bridgehead atoms. The van der Waals surface area contributed by atoms with Crippen LogP contribution in [0.25, 0.3) is 0 Å². The third kappa shape index (κ3) is 3.01. The summed E-state index contributed by atoms with van der Waals surface area (Å²) in [6.45, 7) is 3.69. The number of rotatable bonds is 5. The first-order chi connectivity index (χ1) is 9.55. The minimum Gasteiger partial charge on any atom is -0.493 e. The van der Waals surface area contributed by atoms with Gasteiger partial charge in [-0.2, -0.15) is 0 Å². The van der Waals surface area contributed by atoms with Crippen molar-refractivity contribution in [2.45, 2.75) is 24.5 Å². The van der Waals surface area contributed by atoms with Crippen molar-refractivity contribution in [3.8, 4) is 11.5 Å². The van der Waals surface area contributed by atoms with Crippen molar-refractivity contribution in [3.05, 3.63) is 35.5 Å². The van der Waals surface area contributed by atoms with Gasteiger partial charge in [-0.25, -0.2) is 4.98 Å². The molecular weight excluding hydrogens is 278 g/mol. The second kappa shape index (κ2) is 6.09. The molecule has 0 saturated carbocycles. The number of hydrogen-bond donors (Lipinski definition) is 0. The minimum absolute atomic E-state index is 0.240. The Kier molecular flexibility index (Phi) is 4.44. The van der Waals surface area contributed by atoms with Crippen LogP contribution in [0, 0.1) is 13.8 Å². The maximum absolute atomic E-state index is 12.4. The minimum atomic E-state index is -1.25. The molecule has 6 heteroatoms. The van der Waals surface area contributed by atoms with E-state index in [1.807, 2.05) is 13.0 Å². The van der Waals surface area contributed by atoms with Gasteiger partial charge >= 0.3 is 0 Å². The molecule has 1 heterocycles. The van der Waals surface area contributed by atoms with Crippen molar-refractivity contribution >= 4 is 10.8 Å². The molecular formula is C14H17NO4S. The fraction of sp³-hybridized carbons (Fsp3) is 0.357. The van der Waals surface area contributed by atoms with E-state index in [0.717, 1.165) is 5.56 Å². The molecule has 2 aromatic rings. The van der Waals surface area contributed by atoms with E-state index in [1.165, 1.54) is 0 Å². The number of ether oxygens (including phenoxy) is 2. The van der Waals surface area contributed by atoms with Crippen LogP contribution in [-0.2, 0) is 16.6 Å². The van der Waals surface area contributed by atoms with Crippen LogP contribution in [0.4, 0.5) is 0 Å². The van der Waals surface area contributed by atoms with E-state index in [2.05, 4.69) is 4.98 Å². The molecule has 20 heavy (non-hydrogen) atoms. The fourth-order valence-electron chi connectivity index (χ4n) is 1.87. The van der Waals surface area contributed by atoms with Crippen LogP contribution < -0.4 is 9.47 Å². The second-order valence-electron chi connectivity index (χ2n) is 4.33. The smallest absolute Gasteiger partial charge is 0.207 e. The number of aryl methyl sites for hydroxylation is 2. The molecule has 0 radical (unpaired) electrons. The first-order valence-electron chi connectivity index (χ1n) is 6.07. The van der Waals surface area contributed by atoms with Gasteiger partial charge in [0.05, 0.1) is 31.2 Å². The molecule has 0 aliphatic heterocycles. The molecule has 5 nitrogen and oxygen atoms in total. The van der Waals surface area contributed by atoms with Gasteiger partial charge in [0, 0.05) is 11.0 Å². The van der Waals surface area contributed by atoms with Crippen molar-refractivity contribution in [1.29, 1.82) is 0 Å². The highest BCUT2D eigenvalue weighted by molar-refractivity contribution is 7.84. The fourth-order valence-corrected chi connectivity index (χ4v) is 3.04. The summed E-state index contributed by atoms with van der Waals surface area (Å²) in [5, 5.41) is 0. The van der Waals surface area contributed by atoms with E-state index < -0.39 is 10.8 Å². The number of aromatic nitrogens is 1. The normalized spacial score (nSPS) is 12.2. The standard InChI is InChI=1S/C14H17NO4S/c1-9-5-11(17-3)12(18-4)6-13(9)20(16)8-14-15-7-10(2)19-14/h5-7H,8H2,1-4H3/t20-/m1/s1. The average Bonchev–Trinajstić information content (AvgIpc) is 2.83. The van der Waals surface area contributed by atoms with Gasteiger partial charge in [-0.05, 0) is 25.5 Å². The van der Waals surface area contributed by atoms with E-state index in [-0.39, 0.29) is 5.75 Å². The molecule has 0 aliphatic rings. The zero-order valence-corrected chi connectivity index (χ0v) is 12.7. The van der Waals surface area contributed by atoms with E-state index in [9.17, 15) is 4.21 Å². The Balaban J connectivity index is 2.29. The first kappa shape index (κ1) is 14.6. The maximum atomic E-state index is 12.4. The molecule has 0 unspecified atom stereocenters. The Morgan fingerprint density at radius 3 is 2.40 bits per heavy atom. The summed E-state index contributed by atoms with van der Waals surface area (Å²) in [4.78, 5) is 4.76. The Labute approximate surface area is 120 Å². The van der Waals surface area contributed by atoms with E-state index in [4.69, 9.17) is 13.9 Å². The average molecular weight is 295 g/mol. The Morgan fingerprint density at radius 1 is 1.20 bits per heavy atom. The summed E-state index contributed by atoms with van der Waals surface area (Å²) in [6.07, 6.45) is 1.62. The van der Waals surface area contributed by atoms with E-state index >= 15 is 0 Å². The lowest BCUT2D eigenvalue weighted by atomic mass is 10.2. The number of hydrogen-bond acceptors (Lipinski definition) is 5. The van der Waals surface area contributed by atoms with Crippen molar-refractivity contribution in [2.24, 2.45) is 0 Å². The molecule has 0 saturated heterocycles. The zero-order valence-electron chi connectivity index (χ0n) is 11.9. The molecule has 0 N–H and O–H groups in total. The Morgan fingerprint density at radius 2 is 1.85 bits per heavy atom.